The van der Waals surface area contributed by atoms with Crippen molar-refractivity contribution in [1.82, 2.24) is 4.90 Å². The highest BCUT2D eigenvalue weighted by molar-refractivity contribution is 6.27. The minimum Gasteiger partial charge on any atom is -0.473 e. The van der Waals surface area contributed by atoms with Crippen molar-refractivity contribution in [2.75, 3.05) is 19.7 Å². The van der Waals surface area contributed by atoms with Crippen LogP contribution in [-0.4, -0.2) is 51.9 Å². The number of aliphatic hydroxyl groups excluding tert-OH is 1. The van der Waals surface area contributed by atoms with Gasteiger partial charge in [0.25, 0.3) is 0 Å². The van der Waals surface area contributed by atoms with Crippen LogP contribution in [0.4, 0.5) is 0 Å². The second kappa shape index (κ2) is 9.55. The van der Waals surface area contributed by atoms with E-state index in [-0.39, 0.29) is 6.61 Å². The molecule has 0 spiro atoms. The maximum Gasteiger partial charge on any atom is 0.414 e. The number of aliphatic carboxylic acids is 2. The van der Waals surface area contributed by atoms with Crippen LogP contribution in [0.2, 0.25) is 0 Å². The lowest BCUT2D eigenvalue weighted by Gasteiger charge is -2.20. The molecule has 0 heterocycles. The summed E-state index contributed by atoms with van der Waals surface area (Å²) in [5.74, 6) is -3.65. The maximum absolute atomic E-state index is 9.10. The van der Waals surface area contributed by atoms with Crippen LogP contribution in [-0.2, 0) is 16.1 Å². The van der Waals surface area contributed by atoms with Crippen molar-refractivity contribution in [2.24, 2.45) is 0 Å². The number of benzene rings is 2. The second-order valence-corrected chi connectivity index (χ2v) is 4.84. The number of carboxylic acid groups (broad SMARTS) is 2. The standard InChI is InChI=1S/C15H19NO.C2H2O4/c1-2-16(10-11-17)12-14-8-5-7-13-6-3-4-9-15(13)14;3-1(4)2(5)6/h3-9,17H,2,10-12H2,1H3;(H,3,4)(H,5,6). The third-order valence-corrected chi connectivity index (χ3v) is 3.32. The van der Waals surface area contributed by atoms with Crippen LogP contribution >= 0.6 is 0 Å². The van der Waals surface area contributed by atoms with Crippen molar-refractivity contribution in [3.05, 3.63) is 48.0 Å². The zero-order valence-corrected chi connectivity index (χ0v) is 13.0. The molecule has 0 atom stereocenters. The summed E-state index contributed by atoms with van der Waals surface area (Å²) in [7, 11) is 0. The number of nitrogens with zero attached hydrogens (tertiary/aromatic N) is 1. The van der Waals surface area contributed by atoms with Crippen molar-refractivity contribution >= 4 is 22.7 Å². The topological polar surface area (TPSA) is 98.1 Å². The van der Waals surface area contributed by atoms with Crippen LogP contribution in [0.25, 0.3) is 10.8 Å². The average Bonchev–Trinajstić information content (AvgIpc) is 2.55. The monoisotopic (exact) mass is 319 g/mol. The fourth-order valence-electron chi connectivity index (χ4n) is 2.16. The Morgan fingerprint density at radius 2 is 1.61 bits per heavy atom. The summed E-state index contributed by atoms with van der Waals surface area (Å²) < 4.78 is 0. The van der Waals surface area contributed by atoms with E-state index >= 15 is 0 Å². The van der Waals surface area contributed by atoms with E-state index in [0.29, 0.717) is 0 Å². The van der Waals surface area contributed by atoms with Crippen molar-refractivity contribution in [2.45, 2.75) is 13.5 Å². The third-order valence-electron chi connectivity index (χ3n) is 3.32. The summed E-state index contributed by atoms with van der Waals surface area (Å²) in [4.78, 5) is 20.5. The highest BCUT2D eigenvalue weighted by Crippen LogP contribution is 2.19. The minimum absolute atomic E-state index is 0.221. The van der Waals surface area contributed by atoms with Gasteiger partial charge in [0.1, 0.15) is 0 Å². The highest BCUT2D eigenvalue weighted by atomic mass is 16.4. The van der Waals surface area contributed by atoms with Gasteiger partial charge >= 0.3 is 11.9 Å². The molecule has 0 aliphatic rings. The van der Waals surface area contributed by atoms with Crippen molar-refractivity contribution in [3.8, 4) is 0 Å². The van der Waals surface area contributed by atoms with E-state index in [1.807, 2.05) is 0 Å². The molecule has 3 N–H and O–H groups in total. The smallest absolute Gasteiger partial charge is 0.414 e. The summed E-state index contributed by atoms with van der Waals surface area (Å²) in [6.07, 6.45) is 0. The Morgan fingerprint density at radius 3 is 2.17 bits per heavy atom. The molecular formula is C17H21NO5. The molecule has 124 valence electrons. The molecule has 0 aliphatic heterocycles. The van der Waals surface area contributed by atoms with Gasteiger partial charge in [0.05, 0.1) is 6.61 Å². The van der Waals surface area contributed by atoms with Gasteiger partial charge in [-0.3, -0.25) is 4.90 Å². The van der Waals surface area contributed by atoms with Crippen LogP contribution in [0.5, 0.6) is 0 Å². The van der Waals surface area contributed by atoms with Gasteiger partial charge in [-0.1, -0.05) is 49.4 Å². The van der Waals surface area contributed by atoms with Gasteiger partial charge in [-0.15, -0.1) is 0 Å². The molecule has 0 saturated carbocycles. The lowest BCUT2D eigenvalue weighted by molar-refractivity contribution is -0.159. The van der Waals surface area contributed by atoms with Gasteiger partial charge in [0.2, 0.25) is 0 Å². The predicted octanol–water partition coefficient (Wildman–Crippen LogP) is 1.81. The number of carbonyl (C=O) groups is 2. The first-order valence-electron chi connectivity index (χ1n) is 7.25. The molecule has 6 nitrogen and oxygen atoms in total. The van der Waals surface area contributed by atoms with Crippen LogP contribution in [0.1, 0.15) is 12.5 Å². The molecule has 2 aromatic rings. The molecule has 2 aromatic carbocycles. The largest absolute Gasteiger partial charge is 0.473 e. The number of likely N-dealkylation sites (N-methyl/N-ethyl adjacent to an activating group) is 1. The average molecular weight is 319 g/mol. The summed E-state index contributed by atoms with van der Waals surface area (Å²) in [5, 5.41) is 26.4. The van der Waals surface area contributed by atoms with Gasteiger partial charge in [0.15, 0.2) is 0 Å². The molecule has 0 amide bonds. The zero-order valence-electron chi connectivity index (χ0n) is 13.0. The number of hydrogen-bond donors (Lipinski definition) is 3. The molecular weight excluding hydrogens is 298 g/mol. The van der Waals surface area contributed by atoms with Crippen molar-refractivity contribution < 1.29 is 24.9 Å². The van der Waals surface area contributed by atoms with Gasteiger partial charge in [0, 0.05) is 13.1 Å². The van der Waals surface area contributed by atoms with Gasteiger partial charge in [-0.25, -0.2) is 9.59 Å². The first-order chi connectivity index (χ1) is 11.0. The number of rotatable bonds is 5. The van der Waals surface area contributed by atoms with E-state index in [2.05, 4.69) is 54.3 Å². The van der Waals surface area contributed by atoms with Gasteiger partial charge in [-0.2, -0.15) is 0 Å². The fraction of sp³-hybridized carbons (Fsp3) is 0.294. The van der Waals surface area contributed by atoms with Crippen molar-refractivity contribution in [1.29, 1.82) is 0 Å². The van der Waals surface area contributed by atoms with Gasteiger partial charge in [-0.05, 0) is 22.9 Å². The van der Waals surface area contributed by atoms with Crippen molar-refractivity contribution in [3.63, 3.8) is 0 Å². The Kier molecular flexibility index (Phi) is 7.73. The summed E-state index contributed by atoms with van der Waals surface area (Å²) >= 11 is 0. The molecule has 2 rings (SSSR count). The molecule has 0 radical (unpaired) electrons. The van der Waals surface area contributed by atoms with E-state index in [4.69, 9.17) is 24.9 Å². The Balaban J connectivity index is 0.000000379. The van der Waals surface area contributed by atoms with E-state index in [1.165, 1.54) is 16.3 Å². The highest BCUT2D eigenvalue weighted by Gasteiger charge is 2.05. The second-order valence-electron chi connectivity index (χ2n) is 4.84. The molecule has 0 aliphatic carbocycles. The number of hydrogen-bond acceptors (Lipinski definition) is 4. The first-order valence-corrected chi connectivity index (χ1v) is 7.25. The Morgan fingerprint density at radius 1 is 1.00 bits per heavy atom. The zero-order chi connectivity index (χ0) is 17.2. The SMILES string of the molecule is CCN(CCO)Cc1cccc2ccccc12.O=C(O)C(=O)O. The molecule has 0 saturated heterocycles. The van der Waals surface area contributed by atoms with Crippen LogP contribution in [0, 0.1) is 0 Å². The van der Waals surface area contributed by atoms with Crippen LogP contribution in [0.3, 0.4) is 0 Å². The minimum atomic E-state index is -1.82. The number of carboxylic acids is 2. The van der Waals surface area contributed by atoms with Gasteiger partial charge < -0.3 is 15.3 Å². The molecule has 0 unspecified atom stereocenters. The normalized spacial score (nSPS) is 10.2. The lowest BCUT2D eigenvalue weighted by atomic mass is 10.0. The number of fused-ring (bicyclic) bond motifs is 1. The molecule has 0 aromatic heterocycles. The third kappa shape index (κ3) is 6.06. The van der Waals surface area contributed by atoms with E-state index < -0.39 is 11.9 Å². The summed E-state index contributed by atoms with van der Waals surface area (Å²) in [6, 6.07) is 14.9. The maximum atomic E-state index is 9.10. The van der Waals surface area contributed by atoms with Crippen LogP contribution < -0.4 is 0 Å². The summed E-state index contributed by atoms with van der Waals surface area (Å²) in [6.45, 7) is 4.95. The van der Waals surface area contributed by atoms with E-state index in [1.54, 1.807) is 0 Å². The Hall–Kier alpha value is -2.44. The molecule has 6 heteroatoms. The molecule has 0 bridgehead atoms. The first kappa shape index (κ1) is 18.6. The number of aliphatic hydroxyl groups is 1. The molecule has 0 fully saturated rings. The summed E-state index contributed by atoms with van der Waals surface area (Å²) in [5.41, 5.74) is 1.33. The van der Waals surface area contributed by atoms with Crippen LogP contribution in [0.15, 0.2) is 42.5 Å². The Labute approximate surface area is 134 Å². The Bertz CT molecular complexity index is 639. The fourth-order valence-corrected chi connectivity index (χ4v) is 2.16. The quantitative estimate of drug-likeness (QED) is 0.727. The van der Waals surface area contributed by atoms with E-state index in [0.717, 1.165) is 19.6 Å². The predicted molar refractivity (Wildman–Crippen MR) is 87.3 cm³/mol. The molecule has 23 heavy (non-hydrogen) atoms. The van der Waals surface area contributed by atoms with E-state index in [9.17, 15) is 0 Å². The lowest BCUT2D eigenvalue weighted by Crippen LogP contribution is -2.26.